The van der Waals surface area contributed by atoms with E-state index in [2.05, 4.69) is 36.0 Å². The molecule has 0 aliphatic heterocycles. The summed E-state index contributed by atoms with van der Waals surface area (Å²) in [6.45, 7) is 6.38. The molecule has 4 nitrogen and oxygen atoms in total. The third kappa shape index (κ3) is 2.87. The quantitative estimate of drug-likeness (QED) is 0.577. The highest BCUT2D eigenvalue weighted by Gasteiger charge is 2.16. The Balaban J connectivity index is 2.79. The normalized spacial score (nSPS) is 12.4. The lowest BCUT2D eigenvalue weighted by Crippen LogP contribution is -2.11. The van der Waals surface area contributed by atoms with Crippen molar-refractivity contribution in [3.63, 3.8) is 0 Å². The van der Waals surface area contributed by atoms with Crippen molar-refractivity contribution in [2.75, 3.05) is 14.1 Å². The fourth-order valence-electron chi connectivity index (χ4n) is 0.940. The number of aromatic amines is 1. The number of hydrogen-bond donors (Lipinski definition) is 1. The van der Waals surface area contributed by atoms with Crippen LogP contribution in [0.3, 0.4) is 0 Å². The number of hydrogen-bond acceptors (Lipinski definition) is 2. The Bertz CT molecular complexity index is 317. The third-order valence-electron chi connectivity index (χ3n) is 1.76. The van der Waals surface area contributed by atoms with Crippen LogP contribution in [0, 0.1) is 0 Å². The number of nitrogens with zero attached hydrogens (tertiary/aromatic N) is 3. The zero-order chi connectivity index (χ0) is 10.8. The minimum atomic E-state index is 0.0718. The molecule has 0 spiro atoms. The number of aromatic nitrogens is 2. The highest BCUT2D eigenvalue weighted by atomic mass is 15.2. The standard InChI is InChI=1S/C10H18N4/c1-10(2,3)8-6-9(13-12-8)11-7-14(4)5/h6-7H,1-5H3,(H,12,13)/b11-7+. The number of H-pyrrole nitrogens is 1. The van der Waals surface area contributed by atoms with Gasteiger partial charge < -0.3 is 4.90 Å². The van der Waals surface area contributed by atoms with Crippen LogP contribution in [0.15, 0.2) is 11.1 Å². The molecular weight excluding hydrogens is 176 g/mol. The van der Waals surface area contributed by atoms with Gasteiger partial charge in [0.25, 0.3) is 0 Å². The second-order valence-corrected chi connectivity index (χ2v) is 4.60. The first kappa shape index (κ1) is 10.8. The molecule has 14 heavy (non-hydrogen) atoms. The first-order chi connectivity index (χ1) is 6.39. The molecule has 1 aromatic rings. The van der Waals surface area contributed by atoms with Crippen LogP contribution in [0.25, 0.3) is 0 Å². The van der Waals surface area contributed by atoms with Crippen LogP contribution in [0.2, 0.25) is 0 Å². The molecule has 1 heterocycles. The van der Waals surface area contributed by atoms with Crippen molar-refractivity contribution in [3.8, 4) is 0 Å². The molecule has 0 radical (unpaired) electrons. The van der Waals surface area contributed by atoms with Gasteiger partial charge in [-0.1, -0.05) is 20.8 Å². The molecule has 0 fully saturated rings. The fraction of sp³-hybridized carbons (Fsp3) is 0.600. The molecule has 0 bridgehead atoms. The van der Waals surface area contributed by atoms with E-state index in [4.69, 9.17) is 0 Å². The van der Waals surface area contributed by atoms with Crippen molar-refractivity contribution >= 4 is 12.2 Å². The Morgan fingerprint density at radius 1 is 1.43 bits per heavy atom. The van der Waals surface area contributed by atoms with E-state index in [-0.39, 0.29) is 5.41 Å². The fourth-order valence-corrected chi connectivity index (χ4v) is 0.940. The Hall–Kier alpha value is -1.32. The lowest BCUT2D eigenvalue weighted by atomic mass is 9.92. The van der Waals surface area contributed by atoms with E-state index < -0.39 is 0 Å². The van der Waals surface area contributed by atoms with Crippen LogP contribution in [0.4, 0.5) is 5.82 Å². The maximum atomic E-state index is 4.22. The van der Waals surface area contributed by atoms with Gasteiger partial charge in [-0.3, -0.25) is 5.10 Å². The van der Waals surface area contributed by atoms with E-state index in [0.717, 1.165) is 11.5 Å². The van der Waals surface area contributed by atoms with Gasteiger partial charge in [0.15, 0.2) is 0 Å². The lowest BCUT2D eigenvalue weighted by Gasteiger charge is -2.13. The molecule has 0 unspecified atom stereocenters. The van der Waals surface area contributed by atoms with Gasteiger partial charge in [-0.15, -0.1) is 0 Å². The highest BCUT2D eigenvalue weighted by molar-refractivity contribution is 5.59. The molecule has 0 amide bonds. The molecule has 0 aliphatic rings. The summed E-state index contributed by atoms with van der Waals surface area (Å²) in [5, 5.41) is 7.10. The molecule has 0 saturated heterocycles. The molecule has 0 saturated carbocycles. The van der Waals surface area contributed by atoms with Crippen molar-refractivity contribution in [2.45, 2.75) is 26.2 Å². The SMILES string of the molecule is CN(C)/C=N/c1cc(C(C)(C)C)n[nH]1. The van der Waals surface area contributed by atoms with Crippen molar-refractivity contribution in [1.29, 1.82) is 0 Å². The van der Waals surface area contributed by atoms with Crippen molar-refractivity contribution in [3.05, 3.63) is 11.8 Å². The molecule has 1 aromatic heterocycles. The van der Waals surface area contributed by atoms with Crippen LogP contribution >= 0.6 is 0 Å². The minimum absolute atomic E-state index is 0.0718. The summed E-state index contributed by atoms with van der Waals surface area (Å²) in [5.74, 6) is 0.795. The van der Waals surface area contributed by atoms with Crippen LogP contribution in [-0.4, -0.2) is 35.5 Å². The maximum Gasteiger partial charge on any atom is 0.149 e. The highest BCUT2D eigenvalue weighted by Crippen LogP contribution is 2.22. The average Bonchev–Trinajstić information content (AvgIpc) is 2.47. The second-order valence-electron chi connectivity index (χ2n) is 4.60. The van der Waals surface area contributed by atoms with Crippen LogP contribution < -0.4 is 0 Å². The zero-order valence-corrected chi connectivity index (χ0v) is 9.50. The summed E-state index contributed by atoms with van der Waals surface area (Å²) in [6, 6.07) is 1.97. The Morgan fingerprint density at radius 2 is 2.07 bits per heavy atom. The number of rotatable bonds is 2. The van der Waals surface area contributed by atoms with Gasteiger partial charge in [-0.05, 0) is 0 Å². The van der Waals surface area contributed by atoms with Gasteiger partial charge in [0, 0.05) is 25.6 Å². The first-order valence-corrected chi connectivity index (χ1v) is 4.66. The van der Waals surface area contributed by atoms with Crippen molar-refractivity contribution < 1.29 is 0 Å². The predicted octanol–water partition coefficient (Wildman–Crippen LogP) is 1.93. The van der Waals surface area contributed by atoms with Gasteiger partial charge in [0.1, 0.15) is 5.82 Å². The van der Waals surface area contributed by atoms with E-state index in [0.29, 0.717) is 0 Å². The molecule has 1 N–H and O–H groups in total. The molecule has 0 aromatic carbocycles. The molecule has 0 aliphatic carbocycles. The van der Waals surface area contributed by atoms with E-state index in [9.17, 15) is 0 Å². The second kappa shape index (κ2) is 3.82. The zero-order valence-electron chi connectivity index (χ0n) is 9.50. The van der Waals surface area contributed by atoms with Gasteiger partial charge in [-0.2, -0.15) is 5.10 Å². The average molecular weight is 194 g/mol. The summed E-state index contributed by atoms with van der Waals surface area (Å²) in [5.41, 5.74) is 1.10. The van der Waals surface area contributed by atoms with E-state index in [1.54, 1.807) is 6.34 Å². The third-order valence-corrected chi connectivity index (χ3v) is 1.76. The monoisotopic (exact) mass is 194 g/mol. The summed E-state index contributed by atoms with van der Waals surface area (Å²) >= 11 is 0. The lowest BCUT2D eigenvalue weighted by molar-refractivity contribution is 0.567. The molecule has 4 heteroatoms. The summed E-state index contributed by atoms with van der Waals surface area (Å²) in [7, 11) is 3.87. The van der Waals surface area contributed by atoms with Gasteiger partial charge in [0.2, 0.25) is 0 Å². The van der Waals surface area contributed by atoms with Gasteiger partial charge in [-0.25, -0.2) is 4.99 Å². The van der Waals surface area contributed by atoms with E-state index in [1.165, 1.54) is 0 Å². The van der Waals surface area contributed by atoms with Crippen molar-refractivity contribution in [2.24, 2.45) is 4.99 Å². The van der Waals surface area contributed by atoms with Crippen molar-refractivity contribution in [1.82, 2.24) is 15.1 Å². The molecule has 78 valence electrons. The predicted molar refractivity (Wildman–Crippen MR) is 59.1 cm³/mol. The van der Waals surface area contributed by atoms with Crippen LogP contribution in [0.5, 0.6) is 0 Å². The molecular formula is C10H18N4. The Labute approximate surface area is 85.0 Å². The Kier molecular flexibility index (Phi) is 2.93. The topological polar surface area (TPSA) is 44.3 Å². The van der Waals surface area contributed by atoms with E-state index >= 15 is 0 Å². The smallest absolute Gasteiger partial charge is 0.149 e. The van der Waals surface area contributed by atoms with Crippen LogP contribution in [0.1, 0.15) is 26.5 Å². The minimum Gasteiger partial charge on any atom is -0.369 e. The molecule has 0 atom stereocenters. The summed E-state index contributed by atoms with van der Waals surface area (Å²) in [4.78, 5) is 6.11. The van der Waals surface area contributed by atoms with Crippen LogP contribution in [-0.2, 0) is 5.41 Å². The largest absolute Gasteiger partial charge is 0.369 e. The maximum absolute atomic E-state index is 4.22. The Morgan fingerprint density at radius 3 is 2.50 bits per heavy atom. The summed E-state index contributed by atoms with van der Waals surface area (Å²) < 4.78 is 0. The van der Waals surface area contributed by atoms with E-state index in [1.807, 2.05) is 25.1 Å². The first-order valence-electron chi connectivity index (χ1n) is 4.66. The van der Waals surface area contributed by atoms with Gasteiger partial charge >= 0.3 is 0 Å². The van der Waals surface area contributed by atoms with Gasteiger partial charge in [0.05, 0.1) is 12.0 Å². The number of aliphatic imine (C=N–C) groups is 1. The molecule has 1 rings (SSSR count). The summed E-state index contributed by atoms with van der Waals surface area (Å²) in [6.07, 6.45) is 1.75. The number of nitrogens with one attached hydrogen (secondary N) is 1.